The van der Waals surface area contributed by atoms with Crippen LogP contribution in [0, 0.1) is 13.8 Å². The van der Waals surface area contributed by atoms with Crippen LogP contribution in [0.3, 0.4) is 0 Å². The summed E-state index contributed by atoms with van der Waals surface area (Å²) in [6, 6.07) is 4.38. The molecule has 2 saturated heterocycles. The number of nitrogens with zero attached hydrogens (tertiary/aromatic N) is 6. The fraction of sp³-hybridized carbons (Fsp3) is 0.650. The van der Waals surface area contributed by atoms with Crippen molar-refractivity contribution in [3.63, 3.8) is 0 Å². The highest BCUT2D eigenvalue weighted by atomic mass is 16.5. The number of morpholine rings is 1. The molecule has 2 aromatic heterocycles. The van der Waals surface area contributed by atoms with E-state index in [9.17, 15) is 0 Å². The average molecular weight is 371 g/mol. The standard InChI is InChI=1S/C20H30N6O/c1-15-12-18(13-16(2)21-15)26-6-4-17(5-7-26)20-23-22-19(24(20)3)14-25-8-10-27-11-9-25/h12-13,17H,4-11,14H2,1-3H3. The van der Waals surface area contributed by atoms with Gasteiger partial charge in [0, 0.05) is 56.2 Å². The molecule has 2 aliphatic heterocycles. The highest BCUT2D eigenvalue weighted by Gasteiger charge is 2.26. The van der Waals surface area contributed by atoms with Crippen molar-refractivity contribution in [3.05, 3.63) is 35.2 Å². The van der Waals surface area contributed by atoms with Crippen LogP contribution in [0.1, 0.15) is 41.8 Å². The molecule has 0 spiro atoms. The van der Waals surface area contributed by atoms with E-state index in [0.717, 1.165) is 81.8 Å². The molecular formula is C20H30N6O. The van der Waals surface area contributed by atoms with Crippen LogP contribution in [0.15, 0.2) is 12.1 Å². The van der Waals surface area contributed by atoms with Gasteiger partial charge in [-0.1, -0.05) is 0 Å². The van der Waals surface area contributed by atoms with Crippen molar-refractivity contribution in [1.29, 1.82) is 0 Å². The third kappa shape index (κ3) is 4.14. The predicted octanol–water partition coefficient (Wildman–Crippen LogP) is 2.04. The van der Waals surface area contributed by atoms with Crippen molar-refractivity contribution in [3.8, 4) is 0 Å². The first-order valence-corrected chi connectivity index (χ1v) is 9.98. The van der Waals surface area contributed by atoms with Gasteiger partial charge in [-0.15, -0.1) is 10.2 Å². The summed E-state index contributed by atoms with van der Waals surface area (Å²) in [6.07, 6.45) is 2.23. The van der Waals surface area contributed by atoms with Crippen molar-refractivity contribution in [2.24, 2.45) is 7.05 Å². The van der Waals surface area contributed by atoms with Gasteiger partial charge in [0.15, 0.2) is 0 Å². The Kier molecular flexibility index (Phi) is 5.41. The lowest BCUT2D eigenvalue weighted by molar-refractivity contribution is 0.0326. The summed E-state index contributed by atoms with van der Waals surface area (Å²) in [7, 11) is 2.12. The Morgan fingerprint density at radius 2 is 1.67 bits per heavy atom. The van der Waals surface area contributed by atoms with E-state index in [-0.39, 0.29) is 0 Å². The zero-order valence-corrected chi connectivity index (χ0v) is 16.7. The van der Waals surface area contributed by atoms with Gasteiger partial charge in [0.25, 0.3) is 0 Å². The number of aryl methyl sites for hydroxylation is 2. The molecule has 2 aliphatic rings. The maximum atomic E-state index is 5.44. The molecule has 0 unspecified atom stereocenters. The summed E-state index contributed by atoms with van der Waals surface area (Å²) in [5.74, 6) is 2.69. The van der Waals surface area contributed by atoms with Gasteiger partial charge in [-0.05, 0) is 38.8 Å². The number of pyridine rings is 1. The zero-order valence-electron chi connectivity index (χ0n) is 16.7. The lowest BCUT2D eigenvalue weighted by Gasteiger charge is -2.33. The Hall–Kier alpha value is -1.99. The average Bonchev–Trinajstić information content (AvgIpc) is 3.02. The fourth-order valence-corrected chi connectivity index (χ4v) is 4.22. The molecule has 146 valence electrons. The maximum absolute atomic E-state index is 5.44. The van der Waals surface area contributed by atoms with Gasteiger partial charge >= 0.3 is 0 Å². The Morgan fingerprint density at radius 1 is 1.00 bits per heavy atom. The molecular weight excluding hydrogens is 340 g/mol. The monoisotopic (exact) mass is 370 g/mol. The minimum atomic E-state index is 0.487. The van der Waals surface area contributed by atoms with E-state index in [1.807, 2.05) is 0 Å². The molecule has 0 aliphatic carbocycles. The van der Waals surface area contributed by atoms with Crippen LogP contribution in [-0.4, -0.2) is 64.0 Å². The van der Waals surface area contributed by atoms with Gasteiger partial charge in [0.1, 0.15) is 11.6 Å². The zero-order chi connectivity index (χ0) is 18.8. The summed E-state index contributed by atoms with van der Waals surface area (Å²) < 4.78 is 7.65. The topological polar surface area (TPSA) is 59.3 Å². The minimum Gasteiger partial charge on any atom is -0.379 e. The third-order valence-corrected chi connectivity index (χ3v) is 5.76. The molecule has 0 amide bonds. The largest absolute Gasteiger partial charge is 0.379 e. The van der Waals surface area contributed by atoms with Gasteiger partial charge in [-0.2, -0.15) is 0 Å². The van der Waals surface area contributed by atoms with Crippen molar-refractivity contribution >= 4 is 5.69 Å². The number of aromatic nitrogens is 4. The quantitative estimate of drug-likeness (QED) is 0.821. The Labute approximate surface area is 161 Å². The van der Waals surface area contributed by atoms with E-state index in [2.05, 4.69) is 62.6 Å². The van der Waals surface area contributed by atoms with Gasteiger partial charge < -0.3 is 14.2 Å². The highest BCUT2D eigenvalue weighted by molar-refractivity contribution is 5.48. The van der Waals surface area contributed by atoms with Gasteiger partial charge in [0.05, 0.1) is 19.8 Å². The van der Waals surface area contributed by atoms with Crippen LogP contribution in [0.2, 0.25) is 0 Å². The molecule has 27 heavy (non-hydrogen) atoms. The summed E-state index contributed by atoms with van der Waals surface area (Å²) >= 11 is 0. The molecule has 2 fully saturated rings. The van der Waals surface area contributed by atoms with E-state index < -0.39 is 0 Å². The van der Waals surface area contributed by atoms with E-state index in [1.165, 1.54) is 5.69 Å². The Bertz CT molecular complexity index is 755. The minimum absolute atomic E-state index is 0.487. The van der Waals surface area contributed by atoms with Gasteiger partial charge in [-0.3, -0.25) is 9.88 Å². The highest BCUT2D eigenvalue weighted by Crippen LogP contribution is 2.30. The van der Waals surface area contributed by atoms with Gasteiger partial charge in [-0.25, -0.2) is 0 Å². The Balaban J connectivity index is 1.39. The van der Waals surface area contributed by atoms with Crippen LogP contribution >= 0.6 is 0 Å². The lowest BCUT2D eigenvalue weighted by atomic mass is 9.95. The Morgan fingerprint density at radius 3 is 2.33 bits per heavy atom. The second kappa shape index (κ2) is 7.94. The molecule has 0 bridgehead atoms. The van der Waals surface area contributed by atoms with Crippen molar-refractivity contribution < 1.29 is 4.74 Å². The SMILES string of the molecule is Cc1cc(N2CCC(c3nnc(CN4CCOCC4)n3C)CC2)cc(C)n1. The van der Waals surface area contributed by atoms with Crippen LogP contribution < -0.4 is 4.90 Å². The maximum Gasteiger partial charge on any atom is 0.146 e. The van der Waals surface area contributed by atoms with E-state index in [0.29, 0.717) is 5.92 Å². The first-order chi connectivity index (χ1) is 13.1. The van der Waals surface area contributed by atoms with Crippen molar-refractivity contribution in [1.82, 2.24) is 24.6 Å². The molecule has 7 nitrogen and oxygen atoms in total. The molecule has 7 heteroatoms. The van der Waals surface area contributed by atoms with E-state index in [1.54, 1.807) is 0 Å². The number of anilines is 1. The molecule has 0 N–H and O–H groups in total. The molecule has 0 saturated carbocycles. The second-order valence-electron chi connectivity index (χ2n) is 7.79. The fourth-order valence-electron chi connectivity index (χ4n) is 4.22. The lowest BCUT2D eigenvalue weighted by Crippen LogP contribution is -2.36. The first-order valence-electron chi connectivity index (χ1n) is 9.98. The summed E-state index contributed by atoms with van der Waals surface area (Å²) in [4.78, 5) is 9.37. The number of piperidine rings is 1. The summed E-state index contributed by atoms with van der Waals surface area (Å²) in [5, 5.41) is 9.05. The summed E-state index contributed by atoms with van der Waals surface area (Å²) in [6.45, 7) is 10.7. The predicted molar refractivity (Wildman–Crippen MR) is 105 cm³/mol. The van der Waals surface area contributed by atoms with E-state index >= 15 is 0 Å². The van der Waals surface area contributed by atoms with Crippen molar-refractivity contribution in [2.75, 3.05) is 44.3 Å². The van der Waals surface area contributed by atoms with Crippen molar-refractivity contribution in [2.45, 2.75) is 39.2 Å². The first kappa shape index (κ1) is 18.4. The second-order valence-corrected chi connectivity index (χ2v) is 7.79. The number of rotatable bonds is 4. The number of ether oxygens (including phenoxy) is 1. The number of hydrogen-bond acceptors (Lipinski definition) is 6. The van der Waals surface area contributed by atoms with Crippen LogP contribution in [-0.2, 0) is 18.3 Å². The van der Waals surface area contributed by atoms with E-state index in [4.69, 9.17) is 4.74 Å². The molecule has 0 radical (unpaired) electrons. The number of hydrogen-bond donors (Lipinski definition) is 0. The van der Waals surface area contributed by atoms with Crippen LogP contribution in [0.25, 0.3) is 0 Å². The van der Waals surface area contributed by atoms with Crippen LogP contribution in [0.4, 0.5) is 5.69 Å². The molecule has 2 aromatic rings. The molecule has 4 heterocycles. The summed E-state index contributed by atoms with van der Waals surface area (Å²) in [5.41, 5.74) is 3.48. The molecule has 0 aromatic carbocycles. The molecule has 0 atom stereocenters. The smallest absolute Gasteiger partial charge is 0.146 e. The van der Waals surface area contributed by atoms with Crippen LogP contribution in [0.5, 0.6) is 0 Å². The molecule has 4 rings (SSSR count). The normalized spacial score (nSPS) is 19.6. The van der Waals surface area contributed by atoms with Gasteiger partial charge in [0.2, 0.25) is 0 Å². The third-order valence-electron chi connectivity index (χ3n) is 5.76.